The van der Waals surface area contributed by atoms with E-state index in [9.17, 15) is 9.18 Å². The van der Waals surface area contributed by atoms with Gasteiger partial charge < -0.3 is 16.0 Å². The number of nitrogens with one attached hydrogen (secondary N) is 2. The maximum absolute atomic E-state index is 13.3. The lowest BCUT2D eigenvalue weighted by Crippen LogP contribution is -2.07. The van der Waals surface area contributed by atoms with Crippen LogP contribution in [0, 0.1) is 5.82 Å². The normalized spacial score (nSPS) is 10.9. The second-order valence-electron chi connectivity index (χ2n) is 6.46. The molecule has 0 bridgehead atoms. The molecule has 0 radical (unpaired) electrons. The largest absolute Gasteiger partial charge is 0.382 e. The number of benzene rings is 1. The topological polar surface area (TPSA) is 96.7 Å². The van der Waals surface area contributed by atoms with Crippen molar-refractivity contribution < 1.29 is 9.18 Å². The highest BCUT2D eigenvalue weighted by molar-refractivity contribution is 6.00. The number of nitrogen functional groups attached to an aromatic ring is 1. The number of pyridine rings is 2. The number of nitrogens with two attached hydrogens (primary N) is 1. The Morgan fingerprint density at radius 1 is 1.11 bits per heavy atom. The molecule has 0 saturated carbocycles. The molecule has 3 aromatic heterocycles. The number of anilines is 2. The SMILES string of the molecule is Nc1ncccc1NCc1cc(CC(=O)c2cc3cc(F)ccc3[nH]2)ccn1. The second kappa shape index (κ2) is 7.48. The van der Waals surface area contributed by atoms with Crippen molar-refractivity contribution in [2.24, 2.45) is 0 Å². The minimum Gasteiger partial charge on any atom is -0.382 e. The monoisotopic (exact) mass is 375 g/mol. The molecule has 140 valence electrons. The molecule has 4 rings (SSSR count). The van der Waals surface area contributed by atoms with Crippen LogP contribution in [0.3, 0.4) is 0 Å². The highest BCUT2D eigenvalue weighted by Crippen LogP contribution is 2.19. The van der Waals surface area contributed by atoms with Gasteiger partial charge in [0.2, 0.25) is 0 Å². The molecule has 3 heterocycles. The third-order valence-corrected chi connectivity index (χ3v) is 4.43. The summed E-state index contributed by atoms with van der Waals surface area (Å²) in [4.78, 5) is 24.0. The zero-order valence-corrected chi connectivity index (χ0v) is 14.9. The maximum Gasteiger partial charge on any atom is 0.183 e. The Bertz CT molecular complexity index is 1150. The zero-order valence-electron chi connectivity index (χ0n) is 14.9. The average Bonchev–Trinajstić information content (AvgIpc) is 3.11. The fraction of sp³-hybridized carbons (Fsp3) is 0.0952. The standard InChI is InChI=1S/C21H18FN5O/c22-15-3-4-17-14(10-15)11-19(27-17)20(28)9-13-5-7-24-16(8-13)12-26-18-2-1-6-25-21(18)23/h1-8,10-11,26-27H,9,12H2,(H2,23,25). The number of fused-ring (bicyclic) bond motifs is 1. The van der Waals surface area contributed by atoms with Crippen LogP contribution in [-0.4, -0.2) is 20.7 Å². The lowest BCUT2D eigenvalue weighted by atomic mass is 10.1. The van der Waals surface area contributed by atoms with Gasteiger partial charge in [0.1, 0.15) is 11.6 Å². The Morgan fingerprint density at radius 3 is 2.86 bits per heavy atom. The number of carbonyl (C=O) groups is 1. The van der Waals surface area contributed by atoms with Crippen LogP contribution in [-0.2, 0) is 13.0 Å². The number of nitrogens with zero attached hydrogens (tertiary/aromatic N) is 2. The summed E-state index contributed by atoms with van der Waals surface area (Å²) < 4.78 is 13.3. The van der Waals surface area contributed by atoms with E-state index in [4.69, 9.17) is 5.73 Å². The Hall–Kier alpha value is -3.74. The number of halogens is 1. The predicted octanol–water partition coefficient (Wildman–Crippen LogP) is 3.72. The second-order valence-corrected chi connectivity index (χ2v) is 6.46. The predicted molar refractivity (Wildman–Crippen MR) is 107 cm³/mol. The first-order valence-electron chi connectivity index (χ1n) is 8.78. The highest BCUT2D eigenvalue weighted by atomic mass is 19.1. The molecular formula is C21H18FN5O. The van der Waals surface area contributed by atoms with E-state index in [-0.39, 0.29) is 18.0 Å². The van der Waals surface area contributed by atoms with Crippen LogP contribution >= 0.6 is 0 Å². The quantitative estimate of drug-likeness (QED) is 0.446. The van der Waals surface area contributed by atoms with Gasteiger partial charge in [0.15, 0.2) is 5.78 Å². The first kappa shape index (κ1) is 17.7. The van der Waals surface area contributed by atoms with Gasteiger partial charge in [-0.2, -0.15) is 0 Å². The molecular weight excluding hydrogens is 357 g/mol. The van der Waals surface area contributed by atoms with Gasteiger partial charge in [0.05, 0.1) is 23.6 Å². The molecule has 0 aliphatic carbocycles. The Balaban J connectivity index is 1.46. The smallest absolute Gasteiger partial charge is 0.183 e. The summed E-state index contributed by atoms with van der Waals surface area (Å²) in [5, 5.41) is 3.87. The molecule has 0 aliphatic heterocycles. The average molecular weight is 375 g/mol. The number of ketones is 1. The summed E-state index contributed by atoms with van der Waals surface area (Å²) in [5.74, 6) is 0.0216. The van der Waals surface area contributed by atoms with Crippen molar-refractivity contribution >= 4 is 28.2 Å². The van der Waals surface area contributed by atoms with E-state index in [2.05, 4.69) is 20.3 Å². The van der Waals surface area contributed by atoms with Crippen LogP contribution in [0.5, 0.6) is 0 Å². The van der Waals surface area contributed by atoms with Crippen molar-refractivity contribution in [2.45, 2.75) is 13.0 Å². The van der Waals surface area contributed by atoms with Crippen LogP contribution in [0.15, 0.2) is 60.9 Å². The Kier molecular flexibility index (Phi) is 4.72. The molecule has 0 atom stereocenters. The third-order valence-electron chi connectivity index (χ3n) is 4.43. The molecule has 4 aromatic rings. The number of hydrogen-bond acceptors (Lipinski definition) is 5. The number of aromatic amines is 1. The van der Waals surface area contributed by atoms with Crippen LogP contribution in [0.1, 0.15) is 21.7 Å². The molecule has 0 amide bonds. The van der Waals surface area contributed by atoms with Gasteiger partial charge >= 0.3 is 0 Å². The van der Waals surface area contributed by atoms with Gasteiger partial charge in [-0.1, -0.05) is 0 Å². The fourth-order valence-corrected chi connectivity index (χ4v) is 3.02. The number of rotatable bonds is 6. The van der Waals surface area contributed by atoms with Crippen LogP contribution in [0.4, 0.5) is 15.9 Å². The molecule has 6 nitrogen and oxygen atoms in total. The van der Waals surface area contributed by atoms with E-state index in [0.29, 0.717) is 23.4 Å². The van der Waals surface area contributed by atoms with Gasteiger partial charge in [-0.05, 0) is 54.1 Å². The first-order chi connectivity index (χ1) is 13.6. The minimum absolute atomic E-state index is 0.0711. The molecule has 28 heavy (non-hydrogen) atoms. The summed E-state index contributed by atoms with van der Waals surface area (Å²) in [6, 6.07) is 13.4. The van der Waals surface area contributed by atoms with Crippen molar-refractivity contribution in [3.63, 3.8) is 0 Å². The first-order valence-corrected chi connectivity index (χ1v) is 8.78. The summed E-state index contributed by atoms with van der Waals surface area (Å²) in [6.45, 7) is 0.462. The lowest BCUT2D eigenvalue weighted by molar-refractivity contribution is 0.0989. The van der Waals surface area contributed by atoms with E-state index in [1.807, 2.05) is 18.2 Å². The van der Waals surface area contributed by atoms with E-state index in [1.165, 1.54) is 12.1 Å². The summed E-state index contributed by atoms with van der Waals surface area (Å²) in [5.41, 5.74) is 9.38. The number of H-pyrrole nitrogens is 1. The Morgan fingerprint density at radius 2 is 2.00 bits per heavy atom. The number of aromatic nitrogens is 3. The van der Waals surface area contributed by atoms with Crippen molar-refractivity contribution in [1.29, 1.82) is 0 Å². The van der Waals surface area contributed by atoms with E-state index in [1.54, 1.807) is 30.6 Å². The van der Waals surface area contributed by atoms with Gasteiger partial charge in [0, 0.05) is 29.7 Å². The van der Waals surface area contributed by atoms with E-state index >= 15 is 0 Å². The molecule has 4 N–H and O–H groups in total. The summed E-state index contributed by atoms with van der Waals surface area (Å²) in [6.07, 6.45) is 3.52. The number of Topliss-reactive ketones (excluding diaryl/α,β-unsaturated/α-hetero) is 1. The molecule has 0 unspecified atom stereocenters. The van der Waals surface area contributed by atoms with E-state index < -0.39 is 0 Å². The molecule has 0 saturated heterocycles. The van der Waals surface area contributed by atoms with Crippen molar-refractivity contribution in [1.82, 2.24) is 15.0 Å². The highest BCUT2D eigenvalue weighted by Gasteiger charge is 2.12. The Labute approximate surface area is 160 Å². The fourth-order valence-electron chi connectivity index (χ4n) is 3.02. The van der Waals surface area contributed by atoms with Gasteiger partial charge in [-0.3, -0.25) is 9.78 Å². The van der Waals surface area contributed by atoms with Crippen molar-refractivity contribution in [3.05, 3.63) is 83.7 Å². The number of carbonyl (C=O) groups excluding carboxylic acids is 1. The molecule has 0 fully saturated rings. The van der Waals surface area contributed by atoms with Crippen LogP contribution < -0.4 is 11.1 Å². The minimum atomic E-state index is -0.328. The summed E-state index contributed by atoms with van der Waals surface area (Å²) in [7, 11) is 0. The van der Waals surface area contributed by atoms with Crippen molar-refractivity contribution in [3.8, 4) is 0 Å². The molecule has 1 aromatic carbocycles. The molecule has 7 heteroatoms. The van der Waals surface area contributed by atoms with Crippen molar-refractivity contribution in [2.75, 3.05) is 11.1 Å². The number of hydrogen-bond donors (Lipinski definition) is 3. The van der Waals surface area contributed by atoms with Gasteiger partial charge in [-0.15, -0.1) is 0 Å². The summed E-state index contributed by atoms with van der Waals surface area (Å²) >= 11 is 0. The zero-order chi connectivity index (χ0) is 19.5. The van der Waals surface area contributed by atoms with E-state index in [0.717, 1.165) is 22.5 Å². The van der Waals surface area contributed by atoms with Gasteiger partial charge in [-0.25, -0.2) is 9.37 Å². The third kappa shape index (κ3) is 3.83. The van der Waals surface area contributed by atoms with Crippen LogP contribution in [0.2, 0.25) is 0 Å². The molecule has 0 aliphatic rings. The maximum atomic E-state index is 13.3. The van der Waals surface area contributed by atoms with Gasteiger partial charge in [0.25, 0.3) is 0 Å². The van der Waals surface area contributed by atoms with Crippen LogP contribution in [0.25, 0.3) is 10.9 Å². The lowest BCUT2D eigenvalue weighted by Gasteiger charge is -2.08. The molecule has 0 spiro atoms.